The van der Waals surface area contributed by atoms with Gasteiger partial charge in [-0.2, -0.15) is 0 Å². The zero-order valence-corrected chi connectivity index (χ0v) is 8.91. The molecule has 0 bridgehead atoms. The van der Waals surface area contributed by atoms with Crippen LogP contribution in [0.4, 0.5) is 0 Å². The minimum Gasteiger partial charge on any atom is -0.345 e. The van der Waals surface area contributed by atoms with E-state index in [0.717, 1.165) is 32.2 Å². The van der Waals surface area contributed by atoms with E-state index in [4.69, 9.17) is 5.73 Å². The second kappa shape index (κ2) is 3.89. The summed E-state index contributed by atoms with van der Waals surface area (Å²) in [5.74, 6) is 1.37. The van der Waals surface area contributed by atoms with Crippen LogP contribution < -0.4 is 5.73 Å². The second-order valence-corrected chi connectivity index (χ2v) is 4.94. The summed E-state index contributed by atoms with van der Waals surface area (Å²) in [5.41, 5.74) is 5.71. The molecule has 2 rings (SSSR count). The first kappa shape index (κ1) is 9.97. The number of nitrogens with zero attached hydrogens (tertiary/aromatic N) is 1. The van der Waals surface area contributed by atoms with E-state index in [0.29, 0.717) is 23.8 Å². The molecule has 2 aliphatic rings. The van der Waals surface area contributed by atoms with Crippen LogP contribution in [0.3, 0.4) is 0 Å². The Balaban J connectivity index is 1.71. The lowest BCUT2D eigenvalue weighted by molar-refractivity contribution is -0.137. The lowest BCUT2D eigenvalue weighted by atomic mass is 9.80. The number of amides is 1. The molecule has 2 aliphatic carbocycles. The zero-order valence-electron chi connectivity index (χ0n) is 8.91. The number of nitrogens with two attached hydrogens (primary N) is 1. The highest BCUT2D eigenvalue weighted by atomic mass is 16.2. The van der Waals surface area contributed by atoms with Gasteiger partial charge in [-0.1, -0.05) is 6.42 Å². The first-order chi connectivity index (χ1) is 6.66. The van der Waals surface area contributed by atoms with Crippen LogP contribution in [0.2, 0.25) is 0 Å². The predicted octanol–water partition coefficient (Wildman–Crippen LogP) is 0.982. The summed E-state index contributed by atoms with van der Waals surface area (Å²) in [6.45, 7) is 0.920. The van der Waals surface area contributed by atoms with Crippen molar-refractivity contribution in [3.63, 3.8) is 0 Å². The van der Waals surface area contributed by atoms with Crippen molar-refractivity contribution in [2.75, 3.05) is 13.6 Å². The molecule has 0 aromatic carbocycles. The van der Waals surface area contributed by atoms with Gasteiger partial charge in [-0.3, -0.25) is 4.79 Å². The van der Waals surface area contributed by atoms with E-state index in [1.807, 2.05) is 11.9 Å². The van der Waals surface area contributed by atoms with Crippen LogP contribution in [0.1, 0.15) is 32.1 Å². The lowest BCUT2D eigenvalue weighted by Crippen LogP contribution is -2.45. The molecule has 2 N–H and O–H groups in total. The van der Waals surface area contributed by atoms with Crippen molar-refractivity contribution in [1.29, 1.82) is 0 Å². The summed E-state index contributed by atoms with van der Waals surface area (Å²) < 4.78 is 0. The number of hydrogen-bond donors (Lipinski definition) is 1. The fourth-order valence-electron chi connectivity index (χ4n) is 2.38. The van der Waals surface area contributed by atoms with Crippen molar-refractivity contribution < 1.29 is 4.79 Å². The standard InChI is InChI=1S/C11H20N2O/c1-13(7-8-5-10(12)6-8)11(14)9-3-2-4-9/h8-10H,2-7,12H2,1H3. The largest absolute Gasteiger partial charge is 0.345 e. The van der Waals surface area contributed by atoms with Gasteiger partial charge in [0.2, 0.25) is 5.91 Å². The minimum absolute atomic E-state index is 0.341. The van der Waals surface area contributed by atoms with E-state index in [-0.39, 0.29) is 0 Å². The molecule has 0 aromatic rings. The summed E-state index contributed by atoms with van der Waals surface area (Å²) >= 11 is 0. The Morgan fingerprint density at radius 1 is 1.43 bits per heavy atom. The Morgan fingerprint density at radius 3 is 2.50 bits per heavy atom. The Morgan fingerprint density at radius 2 is 2.07 bits per heavy atom. The van der Waals surface area contributed by atoms with Crippen LogP contribution in [0.25, 0.3) is 0 Å². The molecule has 0 atom stereocenters. The Hall–Kier alpha value is -0.570. The maximum Gasteiger partial charge on any atom is 0.225 e. The van der Waals surface area contributed by atoms with Gasteiger partial charge in [0.15, 0.2) is 0 Å². The summed E-state index contributed by atoms with van der Waals surface area (Å²) in [6.07, 6.45) is 5.64. The maximum absolute atomic E-state index is 11.8. The Labute approximate surface area is 85.6 Å². The van der Waals surface area contributed by atoms with E-state index in [2.05, 4.69) is 0 Å². The minimum atomic E-state index is 0.341. The second-order valence-electron chi connectivity index (χ2n) is 4.94. The van der Waals surface area contributed by atoms with Gasteiger partial charge in [0.1, 0.15) is 0 Å². The summed E-state index contributed by atoms with van der Waals surface area (Å²) in [5, 5.41) is 0. The van der Waals surface area contributed by atoms with Crippen LogP contribution in [-0.4, -0.2) is 30.4 Å². The fourth-order valence-corrected chi connectivity index (χ4v) is 2.38. The summed E-state index contributed by atoms with van der Waals surface area (Å²) in [7, 11) is 1.94. The zero-order chi connectivity index (χ0) is 10.1. The van der Waals surface area contributed by atoms with Crippen molar-refractivity contribution >= 4 is 5.91 Å². The molecular formula is C11H20N2O. The van der Waals surface area contributed by atoms with Crippen molar-refractivity contribution in [3.05, 3.63) is 0 Å². The van der Waals surface area contributed by atoms with Gasteiger partial charge in [-0.05, 0) is 31.6 Å². The molecule has 3 heteroatoms. The van der Waals surface area contributed by atoms with E-state index in [1.165, 1.54) is 6.42 Å². The monoisotopic (exact) mass is 196 g/mol. The normalized spacial score (nSPS) is 31.9. The fraction of sp³-hybridized carbons (Fsp3) is 0.909. The molecule has 14 heavy (non-hydrogen) atoms. The van der Waals surface area contributed by atoms with Crippen LogP contribution in [0.5, 0.6) is 0 Å². The molecule has 0 radical (unpaired) electrons. The molecule has 3 nitrogen and oxygen atoms in total. The van der Waals surface area contributed by atoms with E-state index in [1.54, 1.807) is 0 Å². The molecule has 0 aliphatic heterocycles. The number of hydrogen-bond acceptors (Lipinski definition) is 2. The highest BCUT2D eigenvalue weighted by Gasteiger charge is 2.31. The summed E-state index contributed by atoms with van der Waals surface area (Å²) in [6, 6.07) is 0.396. The van der Waals surface area contributed by atoms with Gasteiger partial charge in [0.25, 0.3) is 0 Å². The molecule has 2 fully saturated rings. The van der Waals surface area contributed by atoms with Crippen LogP contribution in [0.15, 0.2) is 0 Å². The Kier molecular flexibility index (Phi) is 2.77. The van der Waals surface area contributed by atoms with Gasteiger partial charge in [-0.15, -0.1) is 0 Å². The molecule has 2 saturated carbocycles. The van der Waals surface area contributed by atoms with Gasteiger partial charge in [0, 0.05) is 25.6 Å². The van der Waals surface area contributed by atoms with Gasteiger partial charge in [0.05, 0.1) is 0 Å². The quantitative estimate of drug-likeness (QED) is 0.731. The third kappa shape index (κ3) is 1.92. The number of carbonyl (C=O) groups excluding carboxylic acids is 1. The Bertz CT molecular complexity index is 219. The number of carbonyl (C=O) groups is 1. The lowest BCUT2D eigenvalue weighted by Gasteiger charge is -2.37. The average Bonchev–Trinajstić information content (AvgIpc) is 1.98. The topological polar surface area (TPSA) is 46.3 Å². The van der Waals surface area contributed by atoms with Crippen molar-refractivity contribution in [2.45, 2.75) is 38.1 Å². The molecule has 1 amide bonds. The van der Waals surface area contributed by atoms with E-state index >= 15 is 0 Å². The molecule has 0 unspecified atom stereocenters. The molecule has 0 saturated heterocycles. The highest BCUT2D eigenvalue weighted by molar-refractivity contribution is 5.79. The van der Waals surface area contributed by atoms with Crippen LogP contribution >= 0.6 is 0 Å². The average molecular weight is 196 g/mol. The van der Waals surface area contributed by atoms with Crippen molar-refractivity contribution in [3.8, 4) is 0 Å². The molecule has 0 aromatic heterocycles. The molecule has 80 valence electrons. The van der Waals surface area contributed by atoms with Crippen LogP contribution in [0, 0.1) is 11.8 Å². The summed E-state index contributed by atoms with van der Waals surface area (Å²) in [4.78, 5) is 13.7. The van der Waals surface area contributed by atoms with Crippen molar-refractivity contribution in [1.82, 2.24) is 4.90 Å². The smallest absolute Gasteiger partial charge is 0.225 e. The van der Waals surface area contributed by atoms with Gasteiger partial charge < -0.3 is 10.6 Å². The first-order valence-corrected chi connectivity index (χ1v) is 5.67. The number of rotatable bonds is 3. The molecular weight excluding hydrogens is 176 g/mol. The van der Waals surface area contributed by atoms with E-state index in [9.17, 15) is 4.79 Å². The third-order valence-corrected chi connectivity index (χ3v) is 3.63. The van der Waals surface area contributed by atoms with E-state index < -0.39 is 0 Å². The van der Waals surface area contributed by atoms with Gasteiger partial charge in [-0.25, -0.2) is 0 Å². The molecule has 0 heterocycles. The van der Waals surface area contributed by atoms with Crippen LogP contribution in [-0.2, 0) is 4.79 Å². The third-order valence-electron chi connectivity index (χ3n) is 3.63. The maximum atomic E-state index is 11.8. The SMILES string of the molecule is CN(CC1CC(N)C1)C(=O)C1CCC1. The predicted molar refractivity (Wildman–Crippen MR) is 55.7 cm³/mol. The van der Waals surface area contributed by atoms with Crippen molar-refractivity contribution in [2.24, 2.45) is 17.6 Å². The van der Waals surface area contributed by atoms with Gasteiger partial charge >= 0.3 is 0 Å². The molecule has 0 spiro atoms. The highest BCUT2D eigenvalue weighted by Crippen LogP contribution is 2.30. The first-order valence-electron chi connectivity index (χ1n) is 5.67.